The Morgan fingerprint density at radius 2 is 1.97 bits per heavy atom. The topological polar surface area (TPSA) is 95.3 Å². The van der Waals surface area contributed by atoms with Crippen molar-refractivity contribution in [1.82, 2.24) is 14.8 Å². The quantitative estimate of drug-likeness (QED) is 0.191. The number of amides is 1. The molecule has 192 valence electrons. The minimum absolute atomic E-state index is 0.0972. The van der Waals surface area contributed by atoms with Crippen molar-refractivity contribution in [2.75, 3.05) is 17.7 Å². The number of esters is 1. The van der Waals surface area contributed by atoms with Gasteiger partial charge in [-0.3, -0.25) is 9.36 Å². The van der Waals surface area contributed by atoms with Crippen LogP contribution in [0.5, 0.6) is 5.75 Å². The Kier molecular flexibility index (Phi) is 9.33. The van der Waals surface area contributed by atoms with Crippen molar-refractivity contribution in [2.45, 2.75) is 59.3 Å². The van der Waals surface area contributed by atoms with Crippen LogP contribution in [0, 0.1) is 27.7 Å². The molecule has 3 rings (SSSR count). The number of rotatable bonds is 11. The van der Waals surface area contributed by atoms with E-state index in [9.17, 15) is 9.59 Å². The van der Waals surface area contributed by atoms with Crippen molar-refractivity contribution in [3.63, 3.8) is 0 Å². The zero-order valence-corrected chi connectivity index (χ0v) is 23.1. The summed E-state index contributed by atoms with van der Waals surface area (Å²) < 4.78 is 13.2. The number of hydrogen-bond donors (Lipinski definition) is 1. The Labute approximate surface area is 220 Å². The number of allylic oxidation sites excluding steroid dienone is 1. The number of nitrogens with one attached hydrogen (secondary N) is 1. The smallest absolute Gasteiger partial charge is 0.341 e. The molecule has 2 heterocycles. The zero-order chi connectivity index (χ0) is 26.4. The van der Waals surface area contributed by atoms with E-state index >= 15 is 0 Å². The van der Waals surface area contributed by atoms with Crippen molar-refractivity contribution in [3.05, 3.63) is 63.8 Å². The summed E-state index contributed by atoms with van der Waals surface area (Å²) in [5.74, 6) is 0.813. The van der Waals surface area contributed by atoms with Crippen LogP contribution in [0.4, 0.5) is 5.00 Å². The fourth-order valence-electron chi connectivity index (χ4n) is 3.51. The highest BCUT2D eigenvalue weighted by atomic mass is 32.2. The van der Waals surface area contributed by atoms with Crippen LogP contribution >= 0.6 is 23.1 Å². The summed E-state index contributed by atoms with van der Waals surface area (Å²) in [6.07, 6.45) is 1.40. The van der Waals surface area contributed by atoms with Gasteiger partial charge in [-0.25, -0.2) is 4.79 Å². The predicted molar refractivity (Wildman–Crippen MR) is 144 cm³/mol. The second kappa shape index (κ2) is 12.2. The first-order valence-electron chi connectivity index (χ1n) is 11.6. The van der Waals surface area contributed by atoms with Gasteiger partial charge >= 0.3 is 5.97 Å². The second-order valence-electron chi connectivity index (χ2n) is 8.29. The molecular weight excluding hydrogens is 496 g/mol. The third kappa shape index (κ3) is 6.36. The molecule has 0 spiro atoms. The maximum absolute atomic E-state index is 12.8. The molecule has 2 aromatic heterocycles. The molecular formula is C26H32N4O4S2. The summed E-state index contributed by atoms with van der Waals surface area (Å²) >= 11 is 2.62. The average Bonchev–Trinajstić information content (AvgIpc) is 3.35. The number of hydrogen-bond acceptors (Lipinski definition) is 8. The van der Waals surface area contributed by atoms with Gasteiger partial charge in [-0.15, -0.1) is 28.1 Å². The summed E-state index contributed by atoms with van der Waals surface area (Å²) in [7, 11) is 0. The lowest BCUT2D eigenvalue weighted by atomic mass is 10.1. The molecule has 0 aliphatic heterocycles. The molecule has 1 N–H and O–H groups in total. The van der Waals surface area contributed by atoms with Gasteiger partial charge in [0.15, 0.2) is 17.1 Å². The Morgan fingerprint density at radius 3 is 2.64 bits per heavy atom. The van der Waals surface area contributed by atoms with E-state index in [0.29, 0.717) is 28.1 Å². The molecule has 1 amide bonds. The highest BCUT2D eigenvalue weighted by molar-refractivity contribution is 7.99. The van der Waals surface area contributed by atoms with E-state index in [4.69, 9.17) is 9.47 Å². The molecule has 0 saturated carbocycles. The van der Waals surface area contributed by atoms with E-state index in [1.165, 1.54) is 28.7 Å². The number of thiophene rings is 1. The molecule has 3 aromatic rings. The van der Waals surface area contributed by atoms with Crippen molar-refractivity contribution in [1.29, 1.82) is 0 Å². The predicted octanol–water partition coefficient (Wildman–Crippen LogP) is 5.81. The fourth-order valence-corrected chi connectivity index (χ4v) is 5.33. The summed E-state index contributed by atoms with van der Waals surface area (Å²) in [6.45, 7) is 16.1. The number of nitrogens with zero attached hydrogens (tertiary/aromatic N) is 3. The Bertz CT molecular complexity index is 1270. The minimum Gasteiger partial charge on any atom is -0.483 e. The number of benzene rings is 1. The van der Waals surface area contributed by atoms with Crippen LogP contribution in [0.3, 0.4) is 0 Å². The lowest BCUT2D eigenvalue weighted by molar-refractivity contribution is -0.113. The largest absolute Gasteiger partial charge is 0.483 e. The van der Waals surface area contributed by atoms with Crippen LogP contribution in [-0.4, -0.2) is 39.0 Å². The van der Waals surface area contributed by atoms with Crippen LogP contribution < -0.4 is 10.1 Å². The Morgan fingerprint density at radius 1 is 1.22 bits per heavy atom. The van der Waals surface area contributed by atoms with Gasteiger partial charge in [-0.05, 0) is 70.4 Å². The molecule has 0 saturated heterocycles. The van der Waals surface area contributed by atoms with Crippen molar-refractivity contribution in [2.24, 2.45) is 0 Å². The van der Waals surface area contributed by atoms with Gasteiger partial charge in [0.25, 0.3) is 0 Å². The van der Waals surface area contributed by atoms with Gasteiger partial charge in [0.2, 0.25) is 5.91 Å². The maximum Gasteiger partial charge on any atom is 0.341 e. The average molecular weight is 529 g/mol. The van der Waals surface area contributed by atoms with E-state index in [0.717, 1.165) is 21.8 Å². The number of ether oxygens (including phenoxy) is 2. The number of aryl methyl sites for hydroxylation is 3. The number of anilines is 1. The van der Waals surface area contributed by atoms with E-state index in [1.54, 1.807) is 13.0 Å². The van der Waals surface area contributed by atoms with Gasteiger partial charge in [0.05, 0.1) is 17.9 Å². The number of aromatic nitrogens is 3. The van der Waals surface area contributed by atoms with E-state index < -0.39 is 5.97 Å². The highest BCUT2D eigenvalue weighted by Gasteiger charge is 2.23. The molecule has 36 heavy (non-hydrogen) atoms. The van der Waals surface area contributed by atoms with E-state index in [-0.39, 0.29) is 24.4 Å². The number of thioether (sulfide) groups is 1. The Balaban J connectivity index is 1.71. The molecule has 8 nitrogen and oxygen atoms in total. The van der Waals surface area contributed by atoms with Gasteiger partial charge in [0, 0.05) is 11.4 Å². The molecule has 1 unspecified atom stereocenters. The van der Waals surface area contributed by atoms with Gasteiger partial charge in [0.1, 0.15) is 10.8 Å². The first-order valence-corrected chi connectivity index (χ1v) is 13.4. The summed E-state index contributed by atoms with van der Waals surface area (Å²) in [5, 5.41) is 12.6. The monoisotopic (exact) mass is 528 g/mol. The molecule has 0 aliphatic carbocycles. The molecule has 0 radical (unpaired) electrons. The van der Waals surface area contributed by atoms with Gasteiger partial charge < -0.3 is 14.8 Å². The number of carbonyl (C=O) groups excluding carboxylic acids is 2. The first kappa shape index (κ1) is 27.5. The normalized spacial score (nSPS) is 11.7. The van der Waals surface area contributed by atoms with Crippen molar-refractivity contribution in [3.8, 4) is 5.75 Å². The van der Waals surface area contributed by atoms with E-state index in [2.05, 4.69) is 29.0 Å². The third-order valence-electron chi connectivity index (χ3n) is 5.66. The first-order chi connectivity index (χ1) is 17.2. The highest BCUT2D eigenvalue weighted by Crippen LogP contribution is 2.33. The van der Waals surface area contributed by atoms with Crippen molar-refractivity contribution >= 4 is 40.0 Å². The van der Waals surface area contributed by atoms with Crippen LogP contribution in [-0.2, 0) is 16.1 Å². The second-order valence-corrected chi connectivity index (χ2v) is 10.5. The summed E-state index contributed by atoms with van der Waals surface area (Å²) in [6, 6.07) is 5.96. The fraction of sp³-hybridized carbons (Fsp3) is 0.385. The number of carbonyl (C=O) groups is 2. The van der Waals surface area contributed by atoms with E-state index in [1.807, 2.05) is 50.5 Å². The standard InChI is InChI=1S/C26H32N4O4S2/c1-8-12-30-23(18(6)34-20-11-10-15(3)16(4)13-20)28-29-26(30)35-14-21(31)27-24-22(25(32)33-9-2)17(5)19(7)36-24/h8,10-11,13,18H,1,9,12,14H2,2-7H3,(H,27,31). The molecule has 1 atom stereocenters. The van der Waals surface area contributed by atoms with Crippen LogP contribution in [0.25, 0.3) is 0 Å². The van der Waals surface area contributed by atoms with Crippen LogP contribution in [0.2, 0.25) is 0 Å². The minimum atomic E-state index is -0.435. The molecule has 1 aromatic carbocycles. The summed E-state index contributed by atoms with van der Waals surface area (Å²) in [4.78, 5) is 26.1. The zero-order valence-electron chi connectivity index (χ0n) is 21.5. The van der Waals surface area contributed by atoms with Crippen LogP contribution in [0.15, 0.2) is 36.0 Å². The van der Waals surface area contributed by atoms with Gasteiger partial charge in [-0.1, -0.05) is 23.9 Å². The lowest BCUT2D eigenvalue weighted by Gasteiger charge is -2.16. The third-order valence-corrected chi connectivity index (χ3v) is 7.75. The van der Waals surface area contributed by atoms with Crippen LogP contribution in [0.1, 0.15) is 57.7 Å². The molecule has 10 heteroatoms. The molecule has 0 bridgehead atoms. The Hall–Kier alpha value is -3.11. The summed E-state index contributed by atoms with van der Waals surface area (Å²) in [5.41, 5.74) is 3.57. The molecule has 0 aliphatic rings. The van der Waals surface area contributed by atoms with Crippen molar-refractivity contribution < 1.29 is 19.1 Å². The SMILES string of the molecule is C=CCn1c(SCC(=O)Nc2sc(C)c(C)c2C(=O)OCC)nnc1C(C)Oc1ccc(C)c(C)c1. The lowest BCUT2D eigenvalue weighted by Crippen LogP contribution is -2.17. The molecule has 0 fully saturated rings. The maximum atomic E-state index is 12.8. The van der Waals surface area contributed by atoms with Gasteiger partial charge in [-0.2, -0.15) is 0 Å².